The number of aryl methyl sites for hydroxylation is 1. The molecule has 0 spiro atoms. The second kappa shape index (κ2) is 10.1. The van der Waals surface area contributed by atoms with Crippen molar-refractivity contribution < 1.29 is 14.4 Å². The molecule has 4 aromatic rings. The zero-order valence-corrected chi connectivity index (χ0v) is 22.0. The minimum absolute atomic E-state index is 0.0824. The topological polar surface area (TPSA) is 135 Å². The molecule has 1 aliphatic rings. The van der Waals surface area contributed by atoms with Crippen LogP contribution < -0.4 is 16.4 Å². The lowest BCUT2D eigenvalue weighted by Crippen LogP contribution is -2.40. The zero-order valence-electron chi connectivity index (χ0n) is 22.0. The van der Waals surface area contributed by atoms with E-state index in [-0.39, 0.29) is 17.7 Å². The Morgan fingerprint density at radius 1 is 1.03 bits per heavy atom. The number of aromatic nitrogens is 3. The van der Waals surface area contributed by atoms with Crippen LogP contribution in [0, 0.1) is 0 Å². The van der Waals surface area contributed by atoms with E-state index in [9.17, 15) is 14.4 Å². The van der Waals surface area contributed by atoms with Crippen molar-refractivity contribution in [1.29, 1.82) is 0 Å². The Morgan fingerprint density at radius 3 is 2.31 bits per heavy atom. The third-order valence-electron chi connectivity index (χ3n) is 6.97. The number of hydrogen-bond acceptors (Lipinski definition) is 6. The number of anilines is 2. The Bertz CT molecular complexity index is 1620. The zero-order chi connectivity index (χ0) is 27.8. The fourth-order valence-corrected chi connectivity index (χ4v) is 4.83. The first-order chi connectivity index (χ1) is 18.7. The van der Waals surface area contributed by atoms with E-state index in [0.29, 0.717) is 46.6 Å². The summed E-state index contributed by atoms with van der Waals surface area (Å²) in [6, 6.07) is 14.1. The predicted molar refractivity (Wildman–Crippen MR) is 151 cm³/mol. The number of amides is 3. The van der Waals surface area contributed by atoms with Gasteiger partial charge >= 0.3 is 0 Å². The summed E-state index contributed by atoms with van der Waals surface area (Å²) < 4.78 is 1.95. The van der Waals surface area contributed by atoms with E-state index in [1.165, 1.54) is 6.33 Å². The maximum absolute atomic E-state index is 12.8. The summed E-state index contributed by atoms with van der Waals surface area (Å²) in [5, 5.41) is 6.35. The number of nitrogen functional groups attached to an aromatic ring is 1. The average Bonchev–Trinajstić information content (AvgIpc) is 3.41. The van der Waals surface area contributed by atoms with Gasteiger partial charge in [-0.1, -0.05) is 30.8 Å². The van der Waals surface area contributed by atoms with Crippen LogP contribution in [-0.4, -0.2) is 56.8 Å². The van der Waals surface area contributed by atoms with Crippen LogP contribution in [0.1, 0.15) is 23.7 Å². The van der Waals surface area contributed by atoms with Crippen molar-refractivity contribution in [2.24, 2.45) is 7.05 Å². The maximum Gasteiger partial charge on any atom is 0.251 e. The molecule has 1 aliphatic heterocycles. The number of carbonyl (C=O) groups excluding carboxylic acids is 3. The highest BCUT2D eigenvalue weighted by Crippen LogP contribution is 2.41. The third kappa shape index (κ3) is 4.72. The lowest BCUT2D eigenvalue weighted by atomic mass is 9.97. The van der Waals surface area contributed by atoms with E-state index in [2.05, 4.69) is 27.2 Å². The first kappa shape index (κ1) is 25.7. The van der Waals surface area contributed by atoms with Gasteiger partial charge in [-0.05, 0) is 48.7 Å². The van der Waals surface area contributed by atoms with Crippen LogP contribution >= 0.6 is 0 Å². The molecule has 3 amide bonds. The number of rotatable bonds is 6. The Morgan fingerprint density at radius 2 is 1.69 bits per heavy atom. The molecule has 10 heteroatoms. The van der Waals surface area contributed by atoms with Crippen LogP contribution in [0.2, 0.25) is 0 Å². The van der Waals surface area contributed by atoms with Gasteiger partial charge in [0.25, 0.3) is 11.8 Å². The van der Waals surface area contributed by atoms with Crippen LogP contribution in [0.25, 0.3) is 33.4 Å². The van der Waals surface area contributed by atoms with E-state index in [0.717, 1.165) is 22.4 Å². The molecule has 1 fully saturated rings. The monoisotopic (exact) mass is 523 g/mol. The quantitative estimate of drug-likeness (QED) is 0.332. The predicted octanol–water partition coefficient (Wildman–Crippen LogP) is 3.36. The standard InChI is InChI=1S/C29H29N7O3/c1-16(2)27(37)33-20-11-9-18(10-12-20)24-22(23-25(30)31-15-32-26(23)36(24)4)17-5-7-19(8-6-17)28(38)34-21-13-14-35(3)29(21)39/h5-12,15,21H,1,13-14H2,2-4H3,(H,33,37)(H,34,38)(H2,30,31,32). The molecule has 198 valence electrons. The minimum atomic E-state index is -0.507. The highest BCUT2D eigenvalue weighted by atomic mass is 16.2. The summed E-state index contributed by atoms with van der Waals surface area (Å²) in [5.74, 6) is -0.290. The summed E-state index contributed by atoms with van der Waals surface area (Å²) >= 11 is 0. The molecule has 1 unspecified atom stereocenters. The van der Waals surface area contributed by atoms with E-state index < -0.39 is 6.04 Å². The number of fused-ring (bicyclic) bond motifs is 1. The number of benzene rings is 2. The molecule has 1 saturated heterocycles. The normalized spacial score (nSPS) is 15.0. The molecule has 2 aromatic carbocycles. The molecule has 10 nitrogen and oxygen atoms in total. The van der Waals surface area contributed by atoms with Crippen molar-refractivity contribution in [2.75, 3.05) is 24.6 Å². The average molecular weight is 524 g/mol. The fourth-order valence-electron chi connectivity index (χ4n) is 4.83. The van der Waals surface area contributed by atoms with Crippen LogP contribution in [0.5, 0.6) is 0 Å². The van der Waals surface area contributed by atoms with Crippen molar-refractivity contribution in [3.63, 3.8) is 0 Å². The molecular formula is C29H29N7O3. The van der Waals surface area contributed by atoms with Crippen LogP contribution in [0.15, 0.2) is 67.0 Å². The van der Waals surface area contributed by atoms with E-state index in [4.69, 9.17) is 5.73 Å². The van der Waals surface area contributed by atoms with Crippen molar-refractivity contribution in [3.05, 3.63) is 72.6 Å². The van der Waals surface area contributed by atoms with Gasteiger partial charge < -0.3 is 25.8 Å². The molecular weight excluding hydrogens is 494 g/mol. The van der Waals surface area contributed by atoms with E-state index in [1.807, 2.05) is 48.0 Å². The molecule has 4 N–H and O–H groups in total. The molecule has 0 saturated carbocycles. The lowest BCUT2D eigenvalue weighted by molar-refractivity contribution is -0.128. The Kier molecular flexibility index (Phi) is 6.61. The molecule has 3 heterocycles. The van der Waals surface area contributed by atoms with Crippen molar-refractivity contribution in [3.8, 4) is 22.4 Å². The summed E-state index contributed by atoms with van der Waals surface area (Å²) in [7, 11) is 3.63. The van der Waals surface area contributed by atoms with Crippen LogP contribution in [-0.2, 0) is 16.6 Å². The van der Waals surface area contributed by atoms with Crippen molar-refractivity contribution in [1.82, 2.24) is 24.8 Å². The third-order valence-corrected chi connectivity index (χ3v) is 6.97. The Balaban J connectivity index is 1.52. The molecule has 39 heavy (non-hydrogen) atoms. The summed E-state index contributed by atoms with van der Waals surface area (Å²) in [5.41, 5.74) is 11.9. The van der Waals surface area contributed by atoms with Gasteiger partial charge in [-0.15, -0.1) is 0 Å². The van der Waals surface area contributed by atoms with Gasteiger partial charge in [0.05, 0.1) is 11.1 Å². The number of likely N-dealkylation sites (N-methyl/N-ethyl adjacent to an activating group) is 1. The number of nitrogens with zero attached hydrogens (tertiary/aromatic N) is 4. The van der Waals surface area contributed by atoms with Gasteiger partial charge in [0.15, 0.2) is 0 Å². The number of nitrogens with one attached hydrogen (secondary N) is 2. The highest BCUT2D eigenvalue weighted by molar-refractivity contribution is 6.08. The SMILES string of the molecule is C=C(C)C(=O)Nc1ccc(-c2c(-c3ccc(C(=O)NC4CCN(C)C4=O)cc3)c3c(N)ncnc3n2C)cc1. The number of carbonyl (C=O) groups is 3. The molecule has 0 bridgehead atoms. The van der Waals surface area contributed by atoms with Crippen molar-refractivity contribution in [2.45, 2.75) is 19.4 Å². The van der Waals surface area contributed by atoms with Crippen LogP contribution in [0.4, 0.5) is 11.5 Å². The summed E-state index contributed by atoms with van der Waals surface area (Å²) in [6.07, 6.45) is 2.02. The molecule has 0 radical (unpaired) electrons. The molecule has 0 aliphatic carbocycles. The Hall–Kier alpha value is -4.99. The van der Waals surface area contributed by atoms with Gasteiger partial charge in [0.1, 0.15) is 23.8 Å². The molecule has 2 aromatic heterocycles. The first-order valence-electron chi connectivity index (χ1n) is 12.5. The minimum Gasteiger partial charge on any atom is -0.383 e. The van der Waals surface area contributed by atoms with E-state index in [1.54, 1.807) is 31.0 Å². The lowest BCUT2D eigenvalue weighted by Gasteiger charge is -2.13. The Labute approximate surface area is 225 Å². The summed E-state index contributed by atoms with van der Waals surface area (Å²) in [4.78, 5) is 47.4. The largest absolute Gasteiger partial charge is 0.383 e. The van der Waals surface area contributed by atoms with Gasteiger partial charge in [-0.25, -0.2) is 9.97 Å². The number of likely N-dealkylation sites (tertiary alicyclic amines) is 1. The van der Waals surface area contributed by atoms with Gasteiger partial charge in [0.2, 0.25) is 5.91 Å². The van der Waals surface area contributed by atoms with Gasteiger partial charge in [-0.2, -0.15) is 0 Å². The van der Waals surface area contributed by atoms with Gasteiger partial charge in [-0.3, -0.25) is 14.4 Å². The molecule has 1 atom stereocenters. The first-order valence-corrected chi connectivity index (χ1v) is 12.5. The second-order valence-electron chi connectivity index (χ2n) is 9.70. The van der Waals surface area contributed by atoms with Crippen LogP contribution in [0.3, 0.4) is 0 Å². The fraction of sp³-hybridized carbons (Fsp3) is 0.207. The summed E-state index contributed by atoms with van der Waals surface area (Å²) in [6.45, 7) is 5.95. The highest BCUT2D eigenvalue weighted by Gasteiger charge is 2.30. The molecule has 5 rings (SSSR count). The maximum atomic E-state index is 12.8. The van der Waals surface area contributed by atoms with Crippen molar-refractivity contribution >= 4 is 40.3 Å². The van der Waals surface area contributed by atoms with E-state index >= 15 is 0 Å². The second-order valence-corrected chi connectivity index (χ2v) is 9.70. The number of nitrogens with two attached hydrogens (primary N) is 1. The smallest absolute Gasteiger partial charge is 0.251 e. The van der Waals surface area contributed by atoms with Gasteiger partial charge in [0, 0.05) is 43.0 Å². The number of hydrogen-bond donors (Lipinski definition) is 3.